The summed E-state index contributed by atoms with van der Waals surface area (Å²) in [7, 11) is 0. The van der Waals surface area contributed by atoms with E-state index in [1.807, 2.05) is 0 Å². The van der Waals surface area contributed by atoms with Crippen LogP contribution in [0.4, 0.5) is 31.1 Å². The van der Waals surface area contributed by atoms with Crippen LogP contribution in [0.2, 0.25) is 0 Å². The van der Waals surface area contributed by atoms with Crippen LogP contribution < -0.4 is 5.32 Å². The molecule has 0 unspecified atom stereocenters. The fourth-order valence-electron chi connectivity index (χ4n) is 5.51. The molecule has 12 heteroatoms. The van der Waals surface area contributed by atoms with E-state index in [1.54, 1.807) is 0 Å². The van der Waals surface area contributed by atoms with Crippen molar-refractivity contribution in [3.63, 3.8) is 0 Å². The third-order valence-corrected chi connectivity index (χ3v) is 7.50. The predicted molar refractivity (Wildman–Crippen MR) is 127 cm³/mol. The first kappa shape index (κ1) is 27.8. The molecule has 2 aromatic rings. The number of hydrogen-bond acceptors (Lipinski definition) is 2. The molecule has 2 fully saturated rings. The molecule has 4 rings (SSSR count). The summed E-state index contributed by atoms with van der Waals surface area (Å²) in [5, 5.41) is 12.5. The highest BCUT2D eigenvalue weighted by Crippen LogP contribution is 2.42. The number of carbonyl (C=O) groups is 2. The Labute approximate surface area is 215 Å². The molecule has 2 amide bonds. The molecule has 1 saturated heterocycles. The third kappa shape index (κ3) is 5.78. The summed E-state index contributed by atoms with van der Waals surface area (Å²) < 4.78 is 83.9. The Balaban J connectivity index is 1.85. The number of benzene rings is 1. The molecular formula is C26H29F6N3O3. The normalized spacial score (nSPS) is 19.1. The lowest BCUT2D eigenvalue weighted by atomic mass is 9.95. The second kappa shape index (κ2) is 10.5. The fraction of sp³-hybridized carbons (Fsp3) is 0.538. The van der Waals surface area contributed by atoms with Crippen LogP contribution in [0.25, 0.3) is 11.3 Å². The quantitative estimate of drug-likeness (QED) is 0.411. The Morgan fingerprint density at radius 3 is 2.26 bits per heavy atom. The maximum absolute atomic E-state index is 14.0. The second-order valence-corrected chi connectivity index (χ2v) is 9.98. The highest BCUT2D eigenvalue weighted by molar-refractivity contribution is 5.97. The van der Waals surface area contributed by atoms with Crippen molar-refractivity contribution in [2.45, 2.75) is 82.9 Å². The van der Waals surface area contributed by atoms with Gasteiger partial charge >= 0.3 is 18.4 Å². The summed E-state index contributed by atoms with van der Waals surface area (Å²) in [4.78, 5) is 26.1. The van der Waals surface area contributed by atoms with Crippen LogP contribution in [0, 0.1) is 6.92 Å². The zero-order chi connectivity index (χ0) is 27.8. The van der Waals surface area contributed by atoms with Crippen molar-refractivity contribution in [2.24, 2.45) is 0 Å². The summed E-state index contributed by atoms with van der Waals surface area (Å²) in [5.41, 5.74) is -3.15. The van der Waals surface area contributed by atoms with Gasteiger partial charge in [0, 0.05) is 36.1 Å². The average molecular weight is 546 g/mol. The molecule has 1 atom stereocenters. The molecule has 38 heavy (non-hydrogen) atoms. The van der Waals surface area contributed by atoms with Crippen molar-refractivity contribution >= 4 is 12.0 Å². The standard InChI is InChI=1S/C26H29F6N3O3/c1-15-19(23(36)33-17-6-3-2-4-7-17)13-22(35(15)14-18-8-5-11-34(18)24(37)38)20-12-16(25(27,28)29)9-10-21(20)26(30,31)32/h9-10,12-13,17-18H,2-8,11,14H2,1H3,(H,33,36)(H,37,38)/t18-/m0/s1. The zero-order valence-corrected chi connectivity index (χ0v) is 20.8. The van der Waals surface area contributed by atoms with Crippen LogP contribution in [0.3, 0.4) is 0 Å². The molecular weight excluding hydrogens is 516 g/mol. The zero-order valence-electron chi connectivity index (χ0n) is 20.8. The molecule has 1 aromatic carbocycles. The number of carbonyl (C=O) groups excluding carboxylic acids is 1. The van der Waals surface area contributed by atoms with Crippen LogP contribution in [0.15, 0.2) is 24.3 Å². The first-order valence-corrected chi connectivity index (χ1v) is 12.6. The largest absolute Gasteiger partial charge is 0.465 e. The van der Waals surface area contributed by atoms with Crippen molar-refractivity contribution in [1.82, 2.24) is 14.8 Å². The number of nitrogens with one attached hydrogen (secondary N) is 1. The second-order valence-electron chi connectivity index (χ2n) is 9.98. The van der Waals surface area contributed by atoms with Crippen molar-refractivity contribution < 1.29 is 41.0 Å². The van der Waals surface area contributed by atoms with Gasteiger partial charge in [0.15, 0.2) is 0 Å². The number of nitrogens with zero attached hydrogens (tertiary/aromatic N) is 2. The minimum atomic E-state index is -4.96. The van der Waals surface area contributed by atoms with Gasteiger partial charge in [-0.25, -0.2) is 4.79 Å². The number of carboxylic acid groups (broad SMARTS) is 1. The summed E-state index contributed by atoms with van der Waals surface area (Å²) in [6.45, 7) is 1.65. The number of hydrogen-bond donors (Lipinski definition) is 2. The van der Waals surface area contributed by atoms with Crippen LogP contribution in [-0.4, -0.2) is 45.2 Å². The van der Waals surface area contributed by atoms with Crippen molar-refractivity contribution in [3.05, 3.63) is 46.6 Å². The Bertz CT molecular complexity index is 1200. The molecule has 0 spiro atoms. The molecule has 0 radical (unpaired) electrons. The van der Waals surface area contributed by atoms with E-state index >= 15 is 0 Å². The lowest BCUT2D eigenvalue weighted by Gasteiger charge is -2.25. The summed E-state index contributed by atoms with van der Waals surface area (Å²) in [6.07, 6.45) is -5.64. The van der Waals surface area contributed by atoms with E-state index in [0.717, 1.165) is 32.1 Å². The van der Waals surface area contributed by atoms with Crippen molar-refractivity contribution in [3.8, 4) is 11.3 Å². The summed E-state index contributed by atoms with van der Waals surface area (Å²) >= 11 is 0. The molecule has 1 saturated carbocycles. The van der Waals surface area contributed by atoms with E-state index in [2.05, 4.69) is 5.32 Å². The van der Waals surface area contributed by atoms with Gasteiger partial charge in [-0.15, -0.1) is 0 Å². The number of rotatable bonds is 5. The Kier molecular flexibility index (Phi) is 7.72. The SMILES string of the molecule is Cc1c(C(=O)NC2CCCCC2)cc(-c2cc(C(F)(F)F)ccc2C(F)(F)F)n1C[C@@H]1CCCN1C(=O)O. The first-order chi connectivity index (χ1) is 17.8. The van der Waals surface area contributed by atoms with Crippen LogP contribution in [0.1, 0.15) is 72.1 Å². The van der Waals surface area contributed by atoms with Crippen LogP contribution in [-0.2, 0) is 18.9 Å². The smallest absolute Gasteiger partial charge is 0.417 e. The van der Waals surface area contributed by atoms with Gasteiger partial charge in [0.25, 0.3) is 5.91 Å². The summed E-state index contributed by atoms with van der Waals surface area (Å²) in [6, 6.07) is 1.71. The molecule has 2 N–H and O–H groups in total. The lowest BCUT2D eigenvalue weighted by molar-refractivity contribution is -0.141. The van der Waals surface area contributed by atoms with E-state index in [0.29, 0.717) is 31.0 Å². The van der Waals surface area contributed by atoms with Crippen LogP contribution >= 0.6 is 0 Å². The van der Waals surface area contributed by atoms with E-state index < -0.39 is 47.1 Å². The van der Waals surface area contributed by atoms with E-state index in [4.69, 9.17) is 0 Å². The highest BCUT2D eigenvalue weighted by atomic mass is 19.4. The van der Waals surface area contributed by atoms with Gasteiger partial charge in [-0.05, 0) is 56.9 Å². The molecule has 1 aromatic heterocycles. The Morgan fingerprint density at radius 2 is 1.66 bits per heavy atom. The minimum Gasteiger partial charge on any atom is -0.465 e. The Morgan fingerprint density at radius 1 is 0.974 bits per heavy atom. The highest BCUT2D eigenvalue weighted by Gasteiger charge is 2.39. The van der Waals surface area contributed by atoms with Gasteiger partial charge < -0.3 is 19.9 Å². The molecule has 2 heterocycles. The average Bonchev–Trinajstić information content (AvgIpc) is 3.43. The summed E-state index contributed by atoms with van der Waals surface area (Å²) in [5.74, 6) is -0.517. The third-order valence-electron chi connectivity index (χ3n) is 7.50. The number of alkyl halides is 6. The van der Waals surface area contributed by atoms with E-state index in [-0.39, 0.29) is 36.1 Å². The van der Waals surface area contributed by atoms with Gasteiger partial charge in [0.1, 0.15) is 0 Å². The fourth-order valence-corrected chi connectivity index (χ4v) is 5.51. The van der Waals surface area contributed by atoms with E-state index in [9.17, 15) is 41.0 Å². The van der Waals surface area contributed by atoms with Gasteiger partial charge in [-0.2, -0.15) is 26.3 Å². The van der Waals surface area contributed by atoms with Gasteiger partial charge in [-0.3, -0.25) is 4.79 Å². The number of likely N-dealkylation sites (tertiary alicyclic amines) is 1. The maximum atomic E-state index is 14.0. The van der Waals surface area contributed by atoms with Crippen molar-refractivity contribution in [1.29, 1.82) is 0 Å². The molecule has 208 valence electrons. The van der Waals surface area contributed by atoms with Gasteiger partial charge in [0.05, 0.1) is 22.7 Å². The topological polar surface area (TPSA) is 74.6 Å². The lowest BCUT2D eigenvalue weighted by Crippen LogP contribution is -2.37. The monoisotopic (exact) mass is 545 g/mol. The maximum Gasteiger partial charge on any atom is 0.417 e. The number of halogens is 6. The molecule has 1 aliphatic heterocycles. The molecule has 0 bridgehead atoms. The number of amides is 2. The van der Waals surface area contributed by atoms with Crippen LogP contribution in [0.5, 0.6) is 0 Å². The van der Waals surface area contributed by atoms with Gasteiger partial charge in [0.2, 0.25) is 0 Å². The minimum absolute atomic E-state index is 0.0518. The molecule has 6 nitrogen and oxygen atoms in total. The van der Waals surface area contributed by atoms with Gasteiger partial charge in [-0.1, -0.05) is 19.3 Å². The Hall–Kier alpha value is -3.18. The number of aromatic nitrogens is 1. The van der Waals surface area contributed by atoms with Crippen molar-refractivity contribution in [2.75, 3.05) is 6.54 Å². The van der Waals surface area contributed by atoms with E-state index in [1.165, 1.54) is 22.5 Å². The first-order valence-electron chi connectivity index (χ1n) is 12.6. The predicted octanol–water partition coefficient (Wildman–Crippen LogP) is 6.71. The molecule has 1 aliphatic carbocycles. The molecule has 2 aliphatic rings.